The lowest BCUT2D eigenvalue weighted by molar-refractivity contribution is -0.144. The monoisotopic (exact) mass is 309 g/mol. The van der Waals surface area contributed by atoms with E-state index < -0.39 is 0 Å². The van der Waals surface area contributed by atoms with E-state index in [-0.39, 0.29) is 5.97 Å². The maximum Gasteiger partial charge on any atom is 0.305 e. The Morgan fingerprint density at radius 1 is 1.00 bits per heavy atom. The van der Waals surface area contributed by atoms with Gasteiger partial charge in [-0.15, -0.1) is 0 Å². The lowest BCUT2D eigenvalue weighted by Crippen LogP contribution is -2.20. The predicted molar refractivity (Wildman–Crippen MR) is 92.5 cm³/mol. The number of benzene rings is 2. The highest BCUT2D eigenvalue weighted by Crippen LogP contribution is 2.46. The molecule has 1 aliphatic carbocycles. The summed E-state index contributed by atoms with van der Waals surface area (Å²) in [4.78, 5) is 14.0. The van der Waals surface area contributed by atoms with Crippen LogP contribution in [0.2, 0.25) is 0 Å². The molecular weight excluding hydrogens is 286 g/mol. The van der Waals surface area contributed by atoms with Gasteiger partial charge in [-0.25, -0.2) is 0 Å². The highest BCUT2D eigenvalue weighted by Gasteiger charge is 2.28. The van der Waals surface area contributed by atoms with E-state index in [4.69, 9.17) is 4.74 Å². The van der Waals surface area contributed by atoms with Crippen molar-refractivity contribution in [3.63, 3.8) is 0 Å². The molecule has 3 nitrogen and oxygen atoms in total. The van der Waals surface area contributed by atoms with Crippen molar-refractivity contribution in [2.24, 2.45) is 0 Å². The maximum atomic E-state index is 12.0. The van der Waals surface area contributed by atoms with Crippen molar-refractivity contribution in [2.45, 2.75) is 18.8 Å². The van der Waals surface area contributed by atoms with Crippen LogP contribution < -0.4 is 0 Å². The highest BCUT2D eigenvalue weighted by atomic mass is 16.5. The van der Waals surface area contributed by atoms with Gasteiger partial charge in [-0.2, -0.15) is 0 Å². The molecule has 0 spiro atoms. The van der Waals surface area contributed by atoms with Crippen LogP contribution in [0.3, 0.4) is 0 Å². The second kappa shape index (κ2) is 6.97. The Kier molecular flexibility index (Phi) is 4.77. The van der Waals surface area contributed by atoms with Gasteiger partial charge in [0.2, 0.25) is 0 Å². The van der Waals surface area contributed by atoms with Crippen molar-refractivity contribution < 1.29 is 9.53 Å². The van der Waals surface area contributed by atoms with Gasteiger partial charge in [0.25, 0.3) is 0 Å². The van der Waals surface area contributed by atoms with Crippen LogP contribution >= 0.6 is 0 Å². The van der Waals surface area contributed by atoms with Crippen molar-refractivity contribution >= 4 is 5.97 Å². The minimum Gasteiger partial charge on any atom is -0.464 e. The average Bonchev–Trinajstić information content (AvgIpc) is 2.87. The summed E-state index contributed by atoms with van der Waals surface area (Å²) in [5.41, 5.74) is 5.26. The number of fused-ring (bicyclic) bond motifs is 3. The Labute approximate surface area is 137 Å². The van der Waals surface area contributed by atoms with Gasteiger partial charge in [-0.05, 0) is 42.8 Å². The molecule has 23 heavy (non-hydrogen) atoms. The molecule has 0 amide bonds. The van der Waals surface area contributed by atoms with Crippen LogP contribution in [0.5, 0.6) is 0 Å². The third-order valence-corrected chi connectivity index (χ3v) is 4.40. The quantitative estimate of drug-likeness (QED) is 0.762. The topological polar surface area (TPSA) is 29.5 Å². The molecule has 0 unspecified atom stereocenters. The fourth-order valence-electron chi connectivity index (χ4n) is 3.25. The Morgan fingerprint density at radius 3 is 2.13 bits per heavy atom. The molecular formula is C20H23NO2. The zero-order chi connectivity index (χ0) is 16.2. The summed E-state index contributed by atoms with van der Waals surface area (Å²) in [6.45, 7) is 1.23. The average molecular weight is 309 g/mol. The first kappa shape index (κ1) is 15.8. The summed E-state index contributed by atoms with van der Waals surface area (Å²) in [7, 11) is 3.94. The molecule has 0 bridgehead atoms. The summed E-state index contributed by atoms with van der Waals surface area (Å²) < 4.78 is 5.31. The third-order valence-electron chi connectivity index (χ3n) is 4.40. The van der Waals surface area contributed by atoms with Gasteiger partial charge < -0.3 is 9.64 Å². The van der Waals surface area contributed by atoms with Crippen LogP contribution in [0.15, 0.2) is 48.5 Å². The Balaban J connectivity index is 1.67. The number of hydrogen-bond acceptors (Lipinski definition) is 3. The number of carbonyl (C=O) groups is 1. The number of hydrogen-bond donors (Lipinski definition) is 0. The van der Waals surface area contributed by atoms with E-state index in [2.05, 4.69) is 48.5 Å². The molecule has 2 aromatic rings. The molecule has 0 aromatic heterocycles. The van der Waals surface area contributed by atoms with Gasteiger partial charge in [-0.1, -0.05) is 48.5 Å². The van der Waals surface area contributed by atoms with E-state index in [9.17, 15) is 4.79 Å². The van der Waals surface area contributed by atoms with Crippen molar-refractivity contribution in [3.8, 4) is 11.1 Å². The van der Waals surface area contributed by atoms with Crippen LogP contribution in [0.25, 0.3) is 11.1 Å². The summed E-state index contributed by atoms with van der Waals surface area (Å²) in [6, 6.07) is 17.0. The van der Waals surface area contributed by atoms with Crippen molar-refractivity contribution in [1.29, 1.82) is 0 Å². The smallest absolute Gasteiger partial charge is 0.305 e. The number of nitrogens with zero attached hydrogens (tertiary/aromatic N) is 1. The van der Waals surface area contributed by atoms with Gasteiger partial charge in [0.1, 0.15) is 6.61 Å². The van der Waals surface area contributed by atoms with Crippen molar-refractivity contribution in [2.75, 3.05) is 27.2 Å². The predicted octanol–water partition coefficient (Wildman–Crippen LogP) is 3.68. The molecule has 2 aromatic carbocycles. The summed E-state index contributed by atoms with van der Waals surface area (Å²) in [5, 5.41) is 0. The third kappa shape index (κ3) is 3.45. The fourth-order valence-corrected chi connectivity index (χ4v) is 3.25. The molecule has 3 heteroatoms. The molecule has 0 atom stereocenters. The van der Waals surface area contributed by atoms with Crippen LogP contribution in [0.4, 0.5) is 0 Å². The summed E-state index contributed by atoms with van der Waals surface area (Å²) >= 11 is 0. The zero-order valence-electron chi connectivity index (χ0n) is 13.8. The second-order valence-corrected chi connectivity index (χ2v) is 6.29. The van der Waals surface area contributed by atoms with E-state index in [1.165, 1.54) is 22.3 Å². The molecule has 0 saturated heterocycles. The lowest BCUT2D eigenvalue weighted by Gasteiger charge is -2.14. The first-order valence-electron chi connectivity index (χ1n) is 8.15. The molecule has 1 aliphatic rings. The molecule has 3 rings (SSSR count). The Bertz CT molecular complexity index is 648. The van der Waals surface area contributed by atoms with E-state index in [1.54, 1.807) is 0 Å². The number of carbonyl (C=O) groups excluding carboxylic acids is 1. The van der Waals surface area contributed by atoms with Crippen LogP contribution in [-0.4, -0.2) is 38.1 Å². The number of esters is 1. The fraction of sp³-hybridized carbons (Fsp3) is 0.350. The molecule has 0 saturated carbocycles. The van der Waals surface area contributed by atoms with Gasteiger partial charge in [-0.3, -0.25) is 4.79 Å². The lowest BCUT2D eigenvalue weighted by atomic mass is 9.92. The molecule has 0 aliphatic heterocycles. The SMILES string of the molecule is CN(C)CCOC(=O)CCC1c2ccccc2-c2ccccc21. The van der Waals surface area contributed by atoms with Gasteiger partial charge in [0.15, 0.2) is 0 Å². The minimum absolute atomic E-state index is 0.103. The van der Waals surface area contributed by atoms with Crippen molar-refractivity contribution in [1.82, 2.24) is 4.90 Å². The van der Waals surface area contributed by atoms with Crippen LogP contribution in [-0.2, 0) is 9.53 Å². The van der Waals surface area contributed by atoms with E-state index in [0.717, 1.165) is 13.0 Å². The molecule has 120 valence electrons. The van der Waals surface area contributed by atoms with Gasteiger partial charge in [0, 0.05) is 18.9 Å². The first-order valence-corrected chi connectivity index (χ1v) is 8.15. The Hall–Kier alpha value is -2.13. The molecule has 0 N–H and O–H groups in total. The number of ether oxygens (including phenoxy) is 1. The van der Waals surface area contributed by atoms with Crippen LogP contribution in [0.1, 0.15) is 29.9 Å². The van der Waals surface area contributed by atoms with Crippen molar-refractivity contribution in [3.05, 3.63) is 59.7 Å². The maximum absolute atomic E-state index is 12.0. The normalized spacial score (nSPS) is 13.0. The van der Waals surface area contributed by atoms with E-state index in [1.807, 2.05) is 19.0 Å². The van der Waals surface area contributed by atoms with E-state index >= 15 is 0 Å². The summed E-state index contributed by atoms with van der Waals surface area (Å²) in [5.74, 6) is 0.192. The number of likely N-dealkylation sites (N-methyl/N-ethyl adjacent to an activating group) is 1. The van der Waals surface area contributed by atoms with Gasteiger partial charge >= 0.3 is 5.97 Å². The standard InChI is InChI=1S/C20H23NO2/c1-21(2)13-14-23-20(22)12-11-19-17-9-5-3-7-15(17)16-8-4-6-10-18(16)19/h3-10,19H,11-14H2,1-2H3. The van der Waals surface area contributed by atoms with Crippen LogP contribution in [0, 0.1) is 0 Å². The molecule has 0 radical (unpaired) electrons. The molecule has 0 heterocycles. The Morgan fingerprint density at radius 2 is 1.57 bits per heavy atom. The van der Waals surface area contributed by atoms with Gasteiger partial charge in [0.05, 0.1) is 0 Å². The summed E-state index contributed by atoms with van der Waals surface area (Å²) in [6.07, 6.45) is 1.26. The minimum atomic E-state index is -0.103. The van der Waals surface area contributed by atoms with E-state index in [0.29, 0.717) is 18.9 Å². The zero-order valence-corrected chi connectivity index (χ0v) is 13.8. The first-order chi connectivity index (χ1) is 11.2. The second-order valence-electron chi connectivity index (χ2n) is 6.29. The largest absolute Gasteiger partial charge is 0.464 e. The highest BCUT2D eigenvalue weighted by molar-refractivity contribution is 5.79. The molecule has 0 fully saturated rings. The number of rotatable bonds is 6.